The highest BCUT2D eigenvalue weighted by Gasteiger charge is 2.07. The van der Waals surface area contributed by atoms with Crippen LogP contribution < -0.4 is 14.9 Å². The van der Waals surface area contributed by atoms with Gasteiger partial charge in [0.05, 0.1) is 13.3 Å². The molecular formula is C23H21BrN2O3. The number of nitrogens with one attached hydrogen (secondary N) is 1. The lowest BCUT2D eigenvalue weighted by Crippen LogP contribution is -2.17. The number of nitrogens with zero attached hydrogens (tertiary/aromatic N) is 1. The number of ether oxygens (including phenoxy) is 2. The first-order chi connectivity index (χ1) is 14.0. The summed E-state index contributed by atoms with van der Waals surface area (Å²) >= 11 is 3.34. The fraction of sp³-hybridized carbons (Fsp3) is 0.130. The third-order valence-corrected chi connectivity index (χ3v) is 4.66. The second kappa shape index (κ2) is 9.89. The Morgan fingerprint density at radius 3 is 2.59 bits per heavy atom. The van der Waals surface area contributed by atoms with Crippen molar-refractivity contribution in [1.82, 2.24) is 5.43 Å². The minimum Gasteiger partial charge on any atom is -0.493 e. The molecule has 0 unspecified atom stereocenters. The summed E-state index contributed by atoms with van der Waals surface area (Å²) in [7, 11) is 1.59. The van der Waals surface area contributed by atoms with Crippen molar-refractivity contribution in [3.8, 4) is 11.5 Å². The lowest BCUT2D eigenvalue weighted by atomic mass is 10.2. The molecule has 3 rings (SSSR count). The van der Waals surface area contributed by atoms with Crippen LogP contribution in [-0.4, -0.2) is 19.2 Å². The second-order valence-electron chi connectivity index (χ2n) is 6.39. The zero-order valence-corrected chi connectivity index (χ0v) is 17.8. The van der Waals surface area contributed by atoms with E-state index in [-0.39, 0.29) is 5.91 Å². The van der Waals surface area contributed by atoms with Crippen LogP contribution in [-0.2, 0) is 6.61 Å². The normalized spacial score (nSPS) is 10.7. The monoisotopic (exact) mass is 452 g/mol. The van der Waals surface area contributed by atoms with Crippen molar-refractivity contribution < 1.29 is 14.3 Å². The molecule has 0 aliphatic rings. The first-order valence-corrected chi connectivity index (χ1v) is 9.80. The summed E-state index contributed by atoms with van der Waals surface area (Å²) in [6, 6.07) is 20.8. The van der Waals surface area contributed by atoms with E-state index >= 15 is 0 Å². The molecule has 29 heavy (non-hydrogen) atoms. The van der Waals surface area contributed by atoms with Gasteiger partial charge in [0.15, 0.2) is 11.5 Å². The smallest absolute Gasteiger partial charge is 0.271 e. The maximum absolute atomic E-state index is 12.1. The molecule has 3 aromatic carbocycles. The molecule has 0 heterocycles. The Kier molecular flexibility index (Phi) is 7.03. The number of benzene rings is 3. The van der Waals surface area contributed by atoms with Gasteiger partial charge in [-0.25, -0.2) is 5.43 Å². The molecule has 1 amide bonds. The van der Waals surface area contributed by atoms with Gasteiger partial charge in [0.25, 0.3) is 5.91 Å². The van der Waals surface area contributed by atoms with Crippen molar-refractivity contribution in [3.05, 3.63) is 93.5 Å². The number of rotatable bonds is 7. The fourth-order valence-corrected chi connectivity index (χ4v) is 2.99. The van der Waals surface area contributed by atoms with Gasteiger partial charge in [-0.05, 0) is 54.4 Å². The maximum atomic E-state index is 12.1. The predicted molar refractivity (Wildman–Crippen MR) is 118 cm³/mol. The van der Waals surface area contributed by atoms with E-state index in [0.717, 1.165) is 15.6 Å². The van der Waals surface area contributed by atoms with E-state index < -0.39 is 0 Å². The van der Waals surface area contributed by atoms with Crippen LogP contribution in [0.5, 0.6) is 11.5 Å². The standard InChI is InChI=1S/C23H21BrN2O3/c1-16-6-8-17(9-7-16)15-29-21-11-10-18(12-22(21)28-2)14-25-26-23(27)19-4-3-5-20(24)13-19/h3-14H,15H2,1-2H3,(H,26,27)/b25-14-. The number of carbonyl (C=O) groups excluding carboxylic acids is 1. The molecule has 0 aromatic heterocycles. The average molecular weight is 453 g/mol. The quantitative estimate of drug-likeness (QED) is 0.400. The summed E-state index contributed by atoms with van der Waals surface area (Å²) in [4.78, 5) is 12.1. The Bertz CT molecular complexity index is 1020. The molecule has 0 radical (unpaired) electrons. The van der Waals surface area contributed by atoms with Crippen molar-refractivity contribution in [3.63, 3.8) is 0 Å². The van der Waals surface area contributed by atoms with E-state index in [1.165, 1.54) is 5.56 Å². The first-order valence-electron chi connectivity index (χ1n) is 9.00. The van der Waals surface area contributed by atoms with Crippen LogP contribution in [0.25, 0.3) is 0 Å². The molecule has 0 saturated carbocycles. The van der Waals surface area contributed by atoms with E-state index in [2.05, 4.69) is 45.5 Å². The van der Waals surface area contributed by atoms with Crippen LogP contribution in [0.1, 0.15) is 27.0 Å². The minimum absolute atomic E-state index is 0.285. The number of aryl methyl sites for hydroxylation is 1. The first kappa shape index (κ1) is 20.6. The molecule has 0 fully saturated rings. The lowest BCUT2D eigenvalue weighted by Gasteiger charge is -2.11. The van der Waals surface area contributed by atoms with Crippen LogP contribution in [0.15, 0.2) is 76.3 Å². The molecule has 148 valence electrons. The molecule has 3 aromatic rings. The van der Waals surface area contributed by atoms with Crippen LogP contribution in [0.3, 0.4) is 0 Å². The molecular weight excluding hydrogens is 432 g/mol. The average Bonchev–Trinajstić information content (AvgIpc) is 2.73. The molecule has 0 atom stereocenters. The number of hydrogen-bond donors (Lipinski definition) is 1. The van der Waals surface area contributed by atoms with Gasteiger partial charge in [0, 0.05) is 10.0 Å². The Morgan fingerprint density at radius 2 is 1.86 bits per heavy atom. The van der Waals surface area contributed by atoms with Crippen molar-refractivity contribution >= 4 is 28.1 Å². The minimum atomic E-state index is -0.285. The Hall–Kier alpha value is -3.12. The second-order valence-corrected chi connectivity index (χ2v) is 7.31. The van der Waals surface area contributed by atoms with Crippen LogP contribution in [0.4, 0.5) is 0 Å². The molecule has 1 N–H and O–H groups in total. The lowest BCUT2D eigenvalue weighted by molar-refractivity contribution is 0.0955. The predicted octanol–water partition coefficient (Wildman–Crippen LogP) is 5.11. The Labute approximate surface area is 178 Å². The van der Waals surface area contributed by atoms with Gasteiger partial charge in [-0.3, -0.25) is 4.79 Å². The number of methoxy groups -OCH3 is 1. The molecule has 0 spiro atoms. The van der Waals surface area contributed by atoms with E-state index in [9.17, 15) is 4.79 Å². The molecule has 0 bridgehead atoms. The summed E-state index contributed by atoms with van der Waals surface area (Å²) in [6.45, 7) is 2.50. The summed E-state index contributed by atoms with van der Waals surface area (Å²) < 4.78 is 12.1. The van der Waals surface area contributed by atoms with Gasteiger partial charge in [-0.2, -0.15) is 5.10 Å². The Balaban J connectivity index is 1.62. The summed E-state index contributed by atoms with van der Waals surface area (Å²) in [5.41, 5.74) is 6.11. The number of hydrazone groups is 1. The molecule has 0 aliphatic heterocycles. The third-order valence-electron chi connectivity index (χ3n) is 4.17. The van der Waals surface area contributed by atoms with E-state index in [1.807, 2.05) is 30.3 Å². The summed E-state index contributed by atoms with van der Waals surface area (Å²) in [6.07, 6.45) is 1.56. The van der Waals surface area contributed by atoms with E-state index in [0.29, 0.717) is 23.7 Å². The largest absolute Gasteiger partial charge is 0.493 e. The summed E-state index contributed by atoms with van der Waals surface area (Å²) in [5, 5.41) is 4.02. The van der Waals surface area contributed by atoms with Crippen LogP contribution in [0, 0.1) is 6.92 Å². The zero-order valence-electron chi connectivity index (χ0n) is 16.2. The van der Waals surface area contributed by atoms with Gasteiger partial charge in [-0.1, -0.05) is 51.8 Å². The van der Waals surface area contributed by atoms with Crippen molar-refractivity contribution in [2.45, 2.75) is 13.5 Å². The van der Waals surface area contributed by atoms with Gasteiger partial charge < -0.3 is 9.47 Å². The zero-order chi connectivity index (χ0) is 20.6. The van der Waals surface area contributed by atoms with Crippen molar-refractivity contribution in [2.24, 2.45) is 5.10 Å². The van der Waals surface area contributed by atoms with Crippen LogP contribution >= 0.6 is 15.9 Å². The number of halogens is 1. The number of amides is 1. The molecule has 5 nitrogen and oxygen atoms in total. The number of hydrogen-bond acceptors (Lipinski definition) is 4. The van der Waals surface area contributed by atoms with E-state index in [1.54, 1.807) is 37.6 Å². The summed E-state index contributed by atoms with van der Waals surface area (Å²) in [5.74, 6) is 0.954. The van der Waals surface area contributed by atoms with Gasteiger partial charge in [0.1, 0.15) is 6.61 Å². The van der Waals surface area contributed by atoms with Crippen molar-refractivity contribution in [1.29, 1.82) is 0 Å². The van der Waals surface area contributed by atoms with Gasteiger partial charge in [-0.15, -0.1) is 0 Å². The van der Waals surface area contributed by atoms with Gasteiger partial charge >= 0.3 is 0 Å². The topological polar surface area (TPSA) is 59.9 Å². The Morgan fingerprint density at radius 1 is 1.07 bits per heavy atom. The highest BCUT2D eigenvalue weighted by atomic mass is 79.9. The van der Waals surface area contributed by atoms with E-state index in [4.69, 9.17) is 9.47 Å². The highest BCUT2D eigenvalue weighted by Crippen LogP contribution is 2.28. The number of carbonyl (C=O) groups is 1. The SMILES string of the molecule is COc1cc(/C=N\NC(=O)c2cccc(Br)c2)ccc1OCc1ccc(C)cc1. The highest BCUT2D eigenvalue weighted by molar-refractivity contribution is 9.10. The maximum Gasteiger partial charge on any atom is 0.271 e. The van der Waals surface area contributed by atoms with Gasteiger partial charge in [0.2, 0.25) is 0 Å². The van der Waals surface area contributed by atoms with Crippen LogP contribution in [0.2, 0.25) is 0 Å². The molecule has 0 aliphatic carbocycles. The third kappa shape index (κ3) is 5.93. The molecule has 0 saturated heterocycles. The van der Waals surface area contributed by atoms with Crippen molar-refractivity contribution in [2.75, 3.05) is 7.11 Å². The molecule has 6 heteroatoms. The fourth-order valence-electron chi connectivity index (χ4n) is 2.59.